The lowest BCUT2D eigenvalue weighted by Gasteiger charge is -2.31. The third kappa shape index (κ3) is 5.97. The Bertz CT molecular complexity index is 958. The Morgan fingerprint density at radius 1 is 1.29 bits per heavy atom. The number of likely N-dealkylation sites (tertiary alicyclic amines) is 1. The molecule has 1 aliphatic rings. The summed E-state index contributed by atoms with van der Waals surface area (Å²) in [5, 5.41) is 7.03. The average Bonchev–Trinajstić information content (AvgIpc) is 3.23. The van der Waals surface area contributed by atoms with Gasteiger partial charge in [0.2, 0.25) is 5.91 Å². The van der Waals surface area contributed by atoms with Crippen molar-refractivity contribution in [2.45, 2.75) is 18.9 Å². The zero-order chi connectivity index (χ0) is 22.2. The van der Waals surface area contributed by atoms with Crippen LogP contribution in [0.5, 0.6) is 11.5 Å². The largest absolute Gasteiger partial charge is 0.493 e. The Kier molecular flexibility index (Phi) is 7.48. The lowest BCUT2D eigenvalue weighted by atomic mass is 10.0. The van der Waals surface area contributed by atoms with Crippen molar-refractivity contribution in [1.29, 1.82) is 0 Å². The number of amides is 2. The topological polar surface area (TPSA) is 85.7 Å². The van der Waals surface area contributed by atoms with Gasteiger partial charge in [-0.1, -0.05) is 18.7 Å². The molecule has 164 valence electrons. The van der Waals surface area contributed by atoms with Crippen molar-refractivity contribution in [2.24, 2.45) is 7.05 Å². The second-order valence-corrected chi connectivity index (χ2v) is 7.32. The molecular weight excluding hydrogens is 396 g/mol. The normalized spacial score (nSPS) is 14.5. The van der Waals surface area contributed by atoms with Gasteiger partial charge in [0.15, 0.2) is 11.5 Å². The maximum Gasteiger partial charge on any atom is 0.254 e. The molecule has 2 amide bonds. The minimum Gasteiger partial charge on any atom is -0.493 e. The quantitative estimate of drug-likeness (QED) is 0.520. The fraction of sp³-hybridized carbons (Fsp3) is 0.348. The van der Waals surface area contributed by atoms with Crippen LogP contribution in [-0.2, 0) is 11.8 Å². The first-order valence-corrected chi connectivity index (χ1v) is 10.2. The number of methoxy groups -OCH3 is 1. The van der Waals surface area contributed by atoms with E-state index in [0.717, 1.165) is 18.4 Å². The number of nitrogens with one attached hydrogen (secondary N) is 1. The van der Waals surface area contributed by atoms with Crippen LogP contribution in [0.1, 0.15) is 28.8 Å². The van der Waals surface area contributed by atoms with Crippen molar-refractivity contribution in [3.63, 3.8) is 0 Å². The number of aryl methyl sites for hydroxylation is 1. The number of benzene rings is 1. The van der Waals surface area contributed by atoms with E-state index in [1.807, 2.05) is 18.2 Å². The molecule has 1 N–H and O–H groups in total. The van der Waals surface area contributed by atoms with Crippen LogP contribution in [0.2, 0.25) is 0 Å². The standard InChI is InChI=1S/C23H28N4O4/c1-4-13-31-20-7-5-17(14-21(20)30-3)6-8-22(28)27-11-9-19(10-12-27)25-23(29)18-15-24-26(2)16-18/h4-8,14-16,19H,1,9-13H2,2-3H3,(H,25,29)/b8-6+. The van der Waals surface area contributed by atoms with Gasteiger partial charge in [-0.05, 0) is 36.6 Å². The number of rotatable bonds is 8. The second kappa shape index (κ2) is 10.5. The lowest BCUT2D eigenvalue weighted by Crippen LogP contribution is -2.46. The summed E-state index contributed by atoms with van der Waals surface area (Å²) in [5.41, 5.74) is 1.38. The Labute approximate surface area is 182 Å². The van der Waals surface area contributed by atoms with Crippen molar-refractivity contribution in [3.8, 4) is 11.5 Å². The van der Waals surface area contributed by atoms with Gasteiger partial charge in [0.25, 0.3) is 5.91 Å². The highest BCUT2D eigenvalue weighted by Crippen LogP contribution is 2.28. The number of aromatic nitrogens is 2. The number of ether oxygens (including phenoxy) is 2. The van der Waals surface area contributed by atoms with Crippen molar-refractivity contribution in [1.82, 2.24) is 20.0 Å². The SMILES string of the molecule is C=CCOc1ccc(/C=C/C(=O)N2CCC(NC(=O)c3cnn(C)c3)CC2)cc1OC. The molecule has 1 fully saturated rings. The van der Waals surface area contributed by atoms with Crippen LogP contribution in [0.3, 0.4) is 0 Å². The minimum absolute atomic E-state index is 0.0492. The molecule has 8 heteroatoms. The van der Waals surface area contributed by atoms with Gasteiger partial charge in [0.1, 0.15) is 6.61 Å². The smallest absolute Gasteiger partial charge is 0.254 e. The molecule has 1 saturated heterocycles. The summed E-state index contributed by atoms with van der Waals surface area (Å²) in [6.45, 7) is 5.22. The van der Waals surface area contributed by atoms with Crippen LogP contribution < -0.4 is 14.8 Å². The summed E-state index contributed by atoms with van der Waals surface area (Å²) >= 11 is 0. The fourth-order valence-electron chi connectivity index (χ4n) is 3.38. The monoisotopic (exact) mass is 424 g/mol. The molecule has 0 bridgehead atoms. The van der Waals surface area contributed by atoms with Crippen LogP contribution >= 0.6 is 0 Å². The van der Waals surface area contributed by atoms with Gasteiger partial charge >= 0.3 is 0 Å². The van der Waals surface area contributed by atoms with E-state index in [4.69, 9.17) is 9.47 Å². The molecular formula is C23H28N4O4. The van der Waals surface area contributed by atoms with Crippen LogP contribution in [0, 0.1) is 0 Å². The van der Waals surface area contributed by atoms with Crippen LogP contribution in [0.15, 0.2) is 49.3 Å². The summed E-state index contributed by atoms with van der Waals surface area (Å²) in [4.78, 5) is 26.6. The summed E-state index contributed by atoms with van der Waals surface area (Å²) in [6, 6.07) is 5.55. The minimum atomic E-state index is -0.132. The average molecular weight is 425 g/mol. The Morgan fingerprint density at radius 2 is 2.06 bits per heavy atom. The lowest BCUT2D eigenvalue weighted by molar-refractivity contribution is -0.126. The first-order valence-electron chi connectivity index (χ1n) is 10.2. The van der Waals surface area contributed by atoms with E-state index in [1.54, 1.807) is 54.4 Å². The van der Waals surface area contributed by atoms with E-state index < -0.39 is 0 Å². The van der Waals surface area contributed by atoms with Crippen molar-refractivity contribution in [2.75, 3.05) is 26.8 Å². The van der Waals surface area contributed by atoms with Gasteiger partial charge in [-0.25, -0.2) is 0 Å². The van der Waals surface area contributed by atoms with E-state index in [0.29, 0.717) is 36.8 Å². The predicted molar refractivity (Wildman–Crippen MR) is 118 cm³/mol. The number of carbonyl (C=O) groups excluding carboxylic acids is 2. The van der Waals surface area contributed by atoms with Gasteiger partial charge < -0.3 is 19.7 Å². The molecule has 2 heterocycles. The summed E-state index contributed by atoms with van der Waals surface area (Å²) in [7, 11) is 3.35. The summed E-state index contributed by atoms with van der Waals surface area (Å²) in [5.74, 6) is 1.04. The Balaban J connectivity index is 1.51. The molecule has 0 saturated carbocycles. The molecule has 0 atom stereocenters. The molecule has 2 aromatic rings. The number of nitrogens with zero attached hydrogens (tertiary/aromatic N) is 3. The highest BCUT2D eigenvalue weighted by Gasteiger charge is 2.23. The molecule has 1 aromatic heterocycles. The van der Waals surface area contributed by atoms with Crippen molar-refractivity contribution < 1.29 is 19.1 Å². The predicted octanol–water partition coefficient (Wildman–Crippen LogP) is 2.43. The molecule has 31 heavy (non-hydrogen) atoms. The number of hydrogen-bond acceptors (Lipinski definition) is 5. The van der Waals surface area contributed by atoms with Crippen LogP contribution in [-0.4, -0.2) is 59.3 Å². The third-order valence-electron chi connectivity index (χ3n) is 5.07. The number of piperidine rings is 1. The Hall–Kier alpha value is -3.55. The molecule has 8 nitrogen and oxygen atoms in total. The zero-order valence-electron chi connectivity index (χ0n) is 17.9. The van der Waals surface area contributed by atoms with Gasteiger partial charge in [-0.3, -0.25) is 14.3 Å². The van der Waals surface area contributed by atoms with Gasteiger partial charge in [0, 0.05) is 38.5 Å². The molecule has 0 spiro atoms. The van der Waals surface area contributed by atoms with Crippen molar-refractivity contribution in [3.05, 3.63) is 60.5 Å². The summed E-state index contributed by atoms with van der Waals surface area (Å²) in [6.07, 6.45) is 9.66. The number of hydrogen-bond donors (Lipinski definition) is 1. The van der Waals surface area contributed by atoms with E-state index in [9.17, 15) is 9.59 Å². The zero-order valence-corrected chi connectivity index (χ0v) is 17.9. The maximum atomic E-state index is 12.6. The van der Waals surface area contributed by atoms with Gasteiger partial charge in [-0.2, -0.15) is 5.10 Å². The fourth-order valence-corrected chi connectivity index (χ4v) is 3.38. The van der Waals surface area contributed by atoms with Gasteiger partial charge in [-0.15, -0.1) is 0 Å². The third-order valence-corrected chi connectivity index (χ3v) is 5.07. The first-order chi connectivity index (χ1) is 15.0. The molecule has 0 aliphatic carbocycles. The van der Waals surface area contributed by atoms with E-state index in [-0.39, 0.29) is 17.9 Å². The Morgan fingerprint density at radius 3 is 2.71 bits per heavy atom. The highest BCUT2D eigenvalue weighted by atomic mass is 16.5. The maximum absolute atomic E-state index is 12.6. The van der Waals surface area contributed by atoms with Gasteiger partial charge in [0.05, 0.1) is 18.9 Å². The van der Waals surface area contributed by atoms with E-state index in [2.05, 4.69) is 17.0 Å². The highest BCUT2D eigenvalue weighted by molar-refractivity contribution is 5.94. The molecule has 0 radical (unpaired) electrons. The van der Waals surface area contributed by atoms with Crippen LogP contribution in [0.25, 0.3) is 6.08 Å². The van der Waals surface area contributed by atoms with Crippen LogP contribution in [0.4, 0.5) is 0 Å². The molecule has 0 unspecified atom stereocenters. The number of carbonyl (C=O) groups is 2. The summed E-state index contributed by atoms with van der Waals surface area (Å²) < 4.78 is 12.5. The first kappa shape index (κ1) is 22.1. The molecule has 3 rings (SSSR count). The molecule has 1 aliphatic heterocycles. The molecule has 1 aromatic carbocycles. The van der Waals surface area contributed by atoms with E-state index >= 15 is 0 Å². The second-order valence-electron chi connectivity index (χ2n) is 7.32. The van der Waals surface area contributed by atoms with Crippen molar-refractivity contribution >= 4 is 17.9 Å². The van der Waals surface area contributed by atoms with E-state index in [1.165, 1.54) is 0 Å².